The Kier molecular flexibility index (Phi) is 12.6. The third-order valence-electron chi connectivity index (χ3n) is 8.87. The van der Waals surface area contributed by atoms with Crippen molar-refractivity contribution in [3.8, 4) is 0 Å². The fourth-order valence-electron chi connectivity index (χ4n) is 6.23. The lowest BCUT2D eigenvalue weighted by Crippen LogP contribution is -2.42. The molecule has 0 saturated carbocycles. The summed E-state index contributed by atoms with van der Waals surface area (Å²) in [7, 11) is 0. The second kappa shape index (κ2) is 15.9. The van der Waals surface area contributed by atoms with Crippen molar-refractivity contribution in [2.24, 2.45) is 11.8 Å². The van der Waals surface area contributed by atoms with E-state index < -0.39 is 65.4 Å². The van der Waals surface area contributed by atoms with Gasteiger partial charge in [0.25, 0.3) is 11.5 Å². The highest BCUT2D eigenvalue weighted by Gasteiger charge is 2.50. The minimum atomic E-state index is -1.34. The van der Waals surface area contributed by atoms with Crippen LogP contribution in [0.15, 0.2) is 26.1 Å². The number of esters is 1. The number of aromatic amines is 1. The quantitative estimate of drug-likeness (QED) is 0.168. The number of anilines is 2. The molecule has 18 nitrogen and oxygen atoms in total. The highest BCUT2D eigenvalue weighted by Crippen LogP contribution is 2.45. The van der Waals surface area contributed by atoms with E-state index in [0.717, 1.165) is 23.1 Å². The predicted octanol–water partition coefficient (Wildman–Crippen LogP) is 0.246. The van der Waals surface area contributed by atoms with Gasteiger partial charge in [-0.3, -0.25) is 39.0 Å². The van der Waals surface area contributed by atoms with Gasteiger partial charge in [0.15, 0.2) is 18.3 Å². The molecule has 0 aliphatic carbocycles. The minimum absolute atomic E-state index is 0. The Morgan fingerprint density at radius 2 is 1.73 bits per heavy atom. The van der Waals surface area contributed by atoms with Gasteiger partial charge in [0.2, 0.25) is 5.95 Å². The first kappa shape index (κ1) is 40.1. The lowest BCUT2D eigenvalue weighted by atomic mass is 9.93. The molecule has 6 rings (SSSR count). The normalized spacial score (nSPS) is 28.8. The molecule has 0 bridgehead atoms. The van der Waals surface area contributed by atoms with E-state index in [1.807, 2.05) is 20.8 Å². The number of H-pyrrole nitrogens is 1. The molecule has 9 atom stereocenters. The van der Waals surface area contributed by atoms with E-state index in [1.54, 1.807) is 6.92 Å². The Hall–Kier alpha value is -3.63. The molecule has 4 aliphatic rings. The lowest BCUT2D eigenvalue weighted by Gasteiger charge is -2.27. The van der Waals surface area contributed by atoms with Crippen LogP contribution in [0.5, 0.6) is 0 Å². The first-order chi connectivity index (χ1) is 23.6. The number of ether oxygens (including phenoxy) is 3. The van der Waals surface area contributed by atoms with Crippen molar-refractivity contribution >= 4 is 52.6 Å². The number of nitrogen functional groups attached to an aromatic ring is 1. The van der Waals surface area contributed by atoms with Gasteiger partial charge >= 0.3 is 10.8 Å². The number of rotatable bonds is 8. The van der Waals surface area contributed by atoms with Crippen LogP contribution < -0.4 is 26.4 Å². The summed E-state index contributed by atoms with van der Waals surface area (Å²) in [6, 6.07) is 0. The number of thiazole rings is 1. The van der Waals surface area contributed by atoms with Gasteiger partial charge in [-0.1, -0.05) is 64.8 Å². The highest BCUT2D eigenvalue weighted by molar-refractivity contribution is 8.03. The van der Waals surface area contributed by atoms with Crippen LogP contribution in [0.3, 0.4) is 0 Å². The zero-order chi connectivity index (χ0) is 36.8. The molecule has 51 heavy (non-hydrogen) atoms. The Balaban J connectivity index is 0.000000235. The SMILES string of the molecule is C.C=C1Sc2c(nc(N)[nH]c2=O)N1[C@@H]1O[C@H](COC(=O)[C@@H](CC)C(C)C)[C@@H](O)[C@H]1O.CC[C@H]1O[C@@H](n2c3c(sc2=O)C(=O)NC(=N)C3)[C@H](O)[C@@H]1O. The molecule has 2 aromatic heterocycles. The van der Waals surface area contributed by atoms with Crippen molar-refractivity contribution in [2.75, 3.05) is 17.2 Å². The maximum Gasteiger partial charge on any atom is 0.310 e. The molecule has 0 unspecified atom stereocenters. The zero-order valence-electron chi connectivity index (χ0n) is 27.7. The summed E-state index contributed by atoms with van der Waals surface area (Å²) in [5.74, 6) is -0.913. The molecule has 0 radical (unpaired) electrons. The van der Waals surface area contributed by atoms with Gasteiger partial charge in [-0.05, 0) is 18.8 Å². The predicted molar refractivity (Wildman–Crippen MR) is 187 cm³/mol. The number of amidine groups is 1. The number of aliphatic hydroxyl groups is 4. The average Bonchev–Trinajstić information content (AvgIpc) is 3.73. The van der Waals surface area contributed by atoms with Crippen molar-refractivity contribution in [3.05, 3.63) is 42.2 Å². The minimum Gasteiger partial charge on any atom is -0.463 e. The van der Waals surface area contributed by atoms with Crippen molar-refractivity contribution in [3.63, 3.8) is 0 Å². The maximum absolute atomic E-state index is 12.3. The molecule has 0 spiro atoms. The van der Waals surface area contributed by atoms with Gasteiger partial charge in [-0.2, -0.15) is 4.98 Å². The van der Waals surface area contributed by atoms with E-state index in [0.29, 0.717) is 23.6 Å². The lowest BCUT2D eigenvalue weighted by molar-refractivity contribution is -0.155. The van der Waals surface area contributed by atoms with Crippen LogP contribution in [0.25, 0.3) is 0 Å². The smallest absolute Gasteiger partial charge is 0.310 e. The van der Waals surface area contributed by atoms with Crippen LogP contribution in [0.4, 0.5) is 11.8 Å². The number of nitrogens with zero attached hydrogens (tertiary/aromatic N) is 3. The van der Waals surface area contributed by atoms with Gasteiger partial charge in [-0.15, -0.1) is 0 Å². The topological polar surface area (TPSA) is 276 Å². The van der Waals surface area contributed by atoms with Crippen LogP contribution in [-0.4, -0.2) is 102 Å². The van der Waals surface area contributed by atoms with Crippen LogP contribution in [-0.2, 0) is 25.4 Å². The standard InChI is InChI=1S/C18H26N4O6S.C12H15N3O5S.CH4/c1-5-9(7(2)3)17(26)27-6-10-11(23)12(24)16(28-10)22-8(4)29-13-14(22)20-18(19)21-15(13)25;1-2-5-7(16)8(17)11(20-5)15-4-3-6(13)14-10(18)9(4)21-12(15)19;/h7,9-12,16,23-24H,4-6H2,1-3H3,(H3,19,20,21,25);5,7-8,11,16-17H,2-3H2,1H3,(H2,13,14,18);1H4/t9-,10+,11+,12+,16+;5-,7-,8-,11-;/m01./s1. The molecule has 0 aromatic carbocycles. The fourth-order valence-corrected chi connectivity index (χ4v) is 8.06. The van der Waals surface area contributed by atoms with Gasteiger partial charge in [-0.25, -0.2) is 0 Å². The number of nitrogens with one attached hydrogen (secondary N) is 3. The summed E-state index contributed by atoms with van der Waals surface area (Å²) in [6.45, 7) is 11.2. The first-order valence-corrected chi connectivity index (χ1v) is 17.6. The molecular weight excluding hydrogens is 711 g/mol. The van der Waals surface area contributed by atoms with E-state index in [-0.39, 0.29) is 65.6 Å². The van der Waals surface area contributed by atoms with Crippen LogP contribution in [0.2, 0.25) is 0 Å². The number of aromatic nitrogens is 3. The number of carbonyl (C=O) groups excluding carboxylic acids is 2. The van der Waals surface area contributed by atoms with Gasteiger partial charge in [0.05, 0.1) is 22.7 Å². The Bertz CT molecular complexity index is 1780. The van der Waals surface area contributed by atoms with Gasteiger partial charge in [0, 0.05) is 6.42 Å². The number of fused-ring (bicyclic) bond motifs is 2. The first-order valence-electron chi connectivity index (χ1n) is 16.0. The van der Waals surface area contributed by atoms with Crippen molar-refractivity contribution in [1.29, 1.82) is 5.41 Å². The van der Waals surface area contributed by atoms with E-state index in [2.05, 4.69) is 21.9 Å². The summed E-state index contributed by atoms with van der Waals surface area (Å²) in [5.41, 5.74) is 5.55. The molecule has 1 amide bonds. The molecule has 6 heterocycles. The summed E-state index contributed by atoms with van der Waals surface area (Å²) < 4.78 is 17.9. The number of nitrogens with two attached hydrogens (primary N) is 1. The maximum atomic E-state index is 12.3. The number of aliphatic hydroxyl groups excluding tert-OH is 4. The van der Waals surface area contributed by atoms with E-state index >= 15 is 0 Å². The van der Waals surface area contributed by atoms with Gasteiger partial charge in [0.1, 0.15) is 52.7 Å². The van der Waals surface area contributed by atoms with Crippen LogP contribution in [0, 0.1) is 17.2 Å². The van der Waals surface area contributed by atoms with Crippen LogP contribution in [0.1, 0.15) is 69.6 Å². The summed E-state index contributed by atoms with van der Waals surface area (Å²) in [6.07, 6.45) is -7.35. The Labute approximate surface area is 301 Å². The second-order valence-electron chi connectivity index (χ2n) is 12.5. The molecule has 4 aliphatic heterocycles. The number of hydrogen-bond donors (Lipinski definition) is 8. The summed E-state index contributed by atoms with van der Waals surface area (Å²) in [5, 5.41) is 51.3. The van der Waals surface area contributed by atoms with Crippen molar-refractivity contribution < 1.29 is 44.2 Å². The highest BCUT2D eigenvalue weighted by atomic mass is 32.2. The molecule has 2 fully saturated rings. The summed E-state index contributed by atoms with van der Waals surface area (Å²) >= 11 is 1.82. The number of hydrogen-bond acceptors (Lipinski definition) is 17. The third-order valence-corrected chi connectivity index (χ3v) is 10.9. The van der Waals surface area contributed by atoms with E-state index in [4.69, 9.17) is 25.4 Å². The molecular formula is C31H45N7O11S2. The number of thioether (sulfide) groups is 1. The molecule has 2 saturated heterocycles. The average molecular weight is 756 g/mol. The zero-order valence-corrected chi connectivity index (χ0v) is 29.3. The van der Waals surface area contributed by atoms with E-state index in [1.165, 1.54) is 9.47 Å². The summed E-state index contributed by atoms with van der Waals surface area (Å²) in [4.78, 5) is 56.3. The third kappa shape index (κ3) is 7.63. The second-order valence-corrected chi connectivity index (χ2v) is 14.5. The monoisotopic (exact) mass is 755 g/mol. The Morgan fingerprint density at radius 3 is 2.33 bits per heavy atom. The van der Waals surface area contributed by atoms with Gasteiger partial charge < -0.3 is 45.7 Å². The van der Waals surface area contributed by atoms with E-state index in [9.17, 15) is 39.6 Å². The molecule has 20 heteroatoms. The molecule has 9 N–H and O–H groups in total. The largest absolute Gasteiger partial charge is 0.463 e. The molecule has 2 aromatic rings. The Morgan fingerprint density at radius 1 is 1.10 bits per heavy atom. The van der Waals surface area contributed by atoms with Crippen molar-refractivity contribution in [1.82, 2.24) is 19.9 Å². The van der Waals surface area contributed by atoms with Crippen molar-refractivity contribution in [2.45, 2.75) is 108 Å². The number of amides is 1. The fraction of sp³-hybridized carbons (Fsp3) is 0.613. The number of carbonyl (C=O) groups is 2. The molecule has 282 valence electrons. The van der Waals surface area contributed by atoms with Crippen LogP contribution >= 0.6 is 23.1 Å².